The molecule has 16 rings (SSSR count). The van der Waals surface area contributed by atoms with Gasteiger partial charge in [0.1, 0.15) is 0 Å². The van der Waals surface area contributed by atoms with Gasteiger partial charge in [-0.25, -0.2) is 0 Å². The zero-order valence-corrected chi connectivity index (χ0v) is 38.3. The monoisotopic (exact) mass is 885 g/mol. The summed E-state index contributed by atoms with van der Waals surface area (Å²) in [5.74, 6) is 0. The second-order valence-electron chi connectivity index (χ2n) is 19.8. The fourth-order valence-corrected chi connectivity index (χ4v) is 14.0. The van der Waals surface area contributed by atoms with Crippen molar-refractivity contribution in [3.8, 4) is 66.8 Å². The van der Waals surface area contributed by atoms with E-state index in [1.807, 2.05) is 0 Å². The van der Waals surface area contributed by atoms with Crippen molar-refractivity contribution in [3.63, 3.8) is 0 Å². The first kappa shape index (κ1) is 38.2. The average molecular weight is 886 g/mol. The highest BCUT2D eigenvalue weighted by Gasteiger charge is 2.53. The van der Waals surface area contributed by atoms with Crippen LogP contribution in [-0.2, 0) is 17.3 Å². The predicted octanol–water partition coefficient (Wildman–Crippen LogP) is 17.1. The first-order chi connectivity index (χ1) is 34.7. The van der Waals surface area contributed by atoms with E-state index >= 15 is 0 Å². The van der Waals surface area contributed by atoms with Crippen molar-refractivity contribution in [1.82, 2.24) is 0 Å². The standard InChI is InChI=1S/C69H43N/c1-2-16-50-45(15-1)39-46-30-29-44(40-59(46)50)43-31-33-47(34-32-43)70(48-35-37-57-55-21-7-13-27-64(55)68(66(57)41-48)60-23-9-3-17-51(60)52-18-4-10-24-61(52)68)49-36-38-58-56-22-8-14-28-65(56)69(67(58)42-49)62-25-11-5-19-53(62)54-20-6-12-26-63(54)69/h1-38,40-42H,39H2. The van der Waals surface area contributed by atoms with Gasteiger partial charge in [-0.3, -0.25) is 0 Å². The molecule has 324 valence electrons. The molecule has 0 bridgehead atoms. The van der Waals surface area contributed by atoms with E-state index in [9.17, 15) is 0 Å². The zero-order chi connectivity index (χ0) is 45.7. The third-order valence-electron chi connectivity index (χ3n) is 16.7. The Kier molecular flexibility index (Phi) is 7.59. The Hall–Kier alpha value is -8.78. The maximum Gasteiger partial charge on any atom is 0.0726 e. The van der Waals surface area contributed by atoms with Gasteiger partial charge in [-0.05, 0) is 171 Å². The van der Waals surface area contributed by atoms with Crippen LogP contribution in [0.2, 0.25) is 0 Å². The van der Waals surface area contributed by atoms with Crippen molar-refractivity contribution in [2.75, 3.05) is 4.90 Å². The Morgan fingerprint density at radius 3 is 0.986 bits per heavy atom. The predicted molar refractivity (Wildman–Crippen MR) is 287 cm³/mol. The van der Waals surface area contributed by atoms with Gasteiger partial charge < -0.3 is 4.90 Å². The van der Waals surface area contributed by atoms with E-state index in [4.69, 9.17) is 0 Å². The number of fused-ring (bicyclic) bond motifs is 23. The number of hydrogen-bond acceptors (Lipinski definition) is 1. The van der Waals surface area contributed by atoms with E-state index < -0.39 is 10.8 Å². The molecule has 1 nitrogen and oxygen atoms in total. The van der Waals surface area contributed by atoms with Crippen LogP contribution in [0.3, 0.4) is 0 Å². The number of rotatable bonds is 4. The third-order valence-corrected chi connectivity index (χ3v) is 16.7. The van der Waals surface area contributed by atoms with Crippen LogP contribution in [-0.4, -0.2) is 0 Å². The molecular weight excluding hydrogens is 843 g/mol. The minimum Gasteiger partial charge on any atom is -0.310 e. The smallest absolute Gasteiger partial charge is 0.0726 e. The molecule has 0 heterocycles. The van der Waals surface area contributed by atoms with Crippen LogP contribution in [0.1, 0.15) is 55.6 Å². The quantitative estimate of drug-likeness (QED) is 0.170. The summed E-state index contributed by atoms with van der Waals surface area (Å²) in [5, 5.41) is 0. The maximum absolute atomic E-state index is 2.53. The van der Waals surface area contributed by atoms with Crippen LogP contribution in [0.4, 0.5) is 17.1 Å². The van der Waals surface area contributed by atoms with E-state index in [0.717, 1.165) is 23.5 Å². The van der Waals surface area contributed by atoms with Crippen molar-refractivity contribution in [1.29, 1.82) is 0 Å². The molecule has 0 radical (unpaired) electrons. The highest BCUT2D eigenvalue weighted by atomic mass is 15.1. The second kappa shape index (κ2) is 13.9. The summed E-state index contributed by atoms with van der Waals surface area (Å²) in [5.41, 5.74) is 31.6. The number of anilines is 3. The second-order valence-corrected chi connectivity index (χ2v) is 19.8. The van der Waals surface area contributed by atoms with E-state index in [1.165, 1.54) is 122 Å². The van der Waals surface area contributed by atoms with Gasteiger partial charge in [0.15, 0.2) is 0 Å². The van der Waals surface area contributed by atoms with Gasteiger partial charge in [0.25, 0.3) is 0 Å². The molecule has 0 N–H and O–H groups in total. The van der Waals surface area contributed by atoms with Gasteiger partial charge in [0.2, 0.25) is 0 Å². The molecule has 11 aromatic carbocycles. The van der Waals surface area contributed by atoms with Crippen LogP contribution >= 0.6 is 0 Å². The lowest BCUT2D eigenvalue weighted by Crippen LogP contribution is -2.26. The molecule has 70 heavy (non-hydrogen) atoms. The maximum atomic E-state index is 2.53. The van der Waals surface area contributed by atoms with Crippen LogP contribution in [0.5, 0.6) is 0 Å². The van der Waals surface area contributed by atoms with Crippen molar-refractivity contribution >= 4 is 17.1 Å². The lowest BCUT2D eigenvalue weighted by Gasteiger charge is -2.33. The number of benzene rings is 11. The van der Waals surface area contributed by atoms with Crippen LogP contribution < -0.4 is 4.90 Å². The molecule has 0 fully saturated rings. The molecule has 0 unspecified atom stereocenters. The van der Waals surface area contributed by atoms with E-state index in [0.29, 0.717) is 0 Å². The van der Waals surface area contributed by atoms with Gasteiger partial charge in [-0.15, -0.1) is 0 Å². The summed E-state index contributed by atoms with van der Waals surface area (Å²) in [6, 6.07) is 94.5. The summed E-state index contributed by atoms with van der Waals surface area (Å²) in [6.45, 7) is 0. The summed E-state index contributed by atoms with van der Waals surface area (Å²) in [7, 11) is 0. The van der Waals surface area contributed by atoms with E-state index in [2.05, 4.69) is 254 Å². The Balaban J connectivity index is 0.930. The first-order valence-electron chi connectivity index (χ1n) is 24.7. The molecule has 0 saturated carbocycles. The normalized spacial score (nSPS) is 14.5. The molecule has 11 aromatic rings. The minimum atomic E-state index is -0.461. The molecule has 0 saturated heterocycles. The summed E-state index contributed by atoms with van der Waals surface area (Å²) in [6.07, 6.45) is 0.994. The van der Waals surface area contributed by atoms with Gasteiger partial charge in [-0.2, -0.15) is 0 Å². The first-order valence-corrected chi connectivity index (χ1v) is 24.7. The van der Waals surface area contributed by atoms with Crippen LogP contribution in [0.25, 0.3) is 66.8 Å². The molecule has 5 aliphatic carbocycles. The van der Waals surface area contributed by atoms with Crippen molar-refractivity contribution < 1.29 is 0 Å². The van der Waals surface area contributed by atoms with E-state index in [1.54, 1.807) is 0 Å². The van der Waals surface area contributed by atoms with Crippen molar-refractivity contribution in [2.45, 2.75) is 17.3 Å². The van der Waals surface area contributed by atoms with Crippen LogP contribution in [0.15, 0.2) is 249 Å². The molecule has 0 atom stereocenters. The largest absolute Gasteiger partial charge is 0.310 e. The topological polar surface area (TPSA) is 3.24 Å². The third kappa shape index (κ3) is 4.77. The van der Waals surface area contributed by atoms with Crippen molar-refractivity contribution in [3.05, 3.63) is 304 Å². The molecule has 1 heteroatoms. The molecule has 0 amide bonds. The number of nitrogens with zero attached hydrogens (tertiary/aromatic N) is 1. The van der Waals surface area contributed by atoms with Gasteiger partial charge in [0.05, 0.1) is 10.8 Å². The van der Waals surface area contributed by atoms with Gasteiger partial charge in [-0.1, -0.05) is 206 Å². The Morgan fingerprint density at radius 1 is 0.229 bits per heavy atom. The van der Waals surface area contributed by atoms with Gasteiger partial charge >= 0.3 is 0 Å². The Labute approximate surface area is 408 Å². The summed E-state index contributed by atoms with van der Waals surface area (Å²) >= 11 is 0. The average Bonchev–Trinajstić information content (AvgIpc) is 4.20. The Bertz CT molecular complexity index is 3740. The Morgan fingerprint density at radius 2 is 0.557 bits per heavy atom. The zero-order valence-electron chi connectivity index (χ0n) is 38.3. The van der Waals surface area contributed by atoms with Crippen molar-refractivity contribution in [2.24, 2.45) is 0 Å². The minimum absolute atomic E-state index is 0.461. The lowest BCUT2D eigenvalue weighted by atomic mass is 9.70. The highest BCUT2D eigenvalue weighted by Crippen LogP contribution is 2.65. The molecule has 2 spiro atoms. The fourth-order valence-electron chi connectivity index (χ4n) is 14.0. The molecule has 0 aromatic heterocycles. The van der Waals surface area contributed by atoms with Gasteiger partial charge in [0, 0.05) is 17.1 Å². The van der Waals surface area contributed by atoms with Crippen LogP contribution in [0, 0.1) is 0 Å². The highest BCUT2D eigenvalue weighted by molar-refractivity contribution is 5.99. The summed E-state index contributed by atoms with van der Waals surface area (Å²) in [4.78, 5) is 2.52. The fraction of sp³-hybridized carbons (Fsp3) is 0.0435. The molecule has 0 aliphatic heterocycles. The van der Waals surface area contributed by atoms with E-state index in [-0.39, 0.29) is 0 Å². The molecule has 5 aliphatic rings. The number of hydrogen-bond donors (Lipinski definition) is 0. The lowest BCUT2D eigenvalue weighted by molar-refractivity contribution is 0.792. The summed E-state index contributed by atoms with van der Waals surface area (Å²) < 4.78 is 0. The SMILES string of the molecule is c1ccc2c(c1)Cc1ccc(-c3ccc(N(c4ccc5c(c4)C4(c6ccccc6-c6ccccc64)c4ccccc4-5)c4ccc5c(c4)C4(c6ccccc6-c6ccccc64)c4ccccc4-5)cc3)cc1-2. The molecular formula is C69H43N.